The molecular formula is C10H9IO3. The first-order valence-corrected chi connectivity index (χ1v) is 5.10. The summed E-state index contributed by atoms with van der Waals surface area (Å²) in [5, 5.41) is 0. The highest BCUT2D eigenvalue weighted by molar-refractivity contribution is 14.1. The van der Waals surface area contributed by atoms with Crippen LogP contribution in [0.5, 0.6) is 0 Å². The van der Waals surface area contributed by atoms with E-state index in [4.69, 9.17) is 4.74 Å². The number of hydrogen-bond acceptors (Lipinski definition) is 3. The second kappa shape index (κ2) is 5.09. The van der Waals surface area contributed by atoms with Crippen LogP contribution in [0.1, 0.15) is 18.6 Å². The topological polar surface area (TPSA) is 43.4 Å². The van der Waals surface area contributed by atoms with E-state index in [-0.39, 0.29) is 3.79 Å². The SMILES string of the molecule is CC(=O)OC(C(=O)I)c1ccccc1. The largest absolute Gasteiger partial charge is 0.449 e. The lowest BCUT2D eigenvalue weighted by molar-refractivity contribution is -0.150. The van der Waals surface area contributed by atoms with Crippen molar-refractivity contribution in [1.82, 2.24) is 0 Å². The first-order chi connectivity index (χ1) is 6.61. The lowest BCUT2D eigenvalue weighted by Crippen LogP contribution is -2.13. The highest BCUT2D eigenvalue weighted by Crippen LogP contribution is 2.21. The van der Waals surface area contributed by atoms with E-state index in [9.17, 15) is 9.59 Å². The van der Waals surface area contributed by atoms with E-state index < -0.39 is 12.1 Å². The van der Waals surface area contributed by atoms with Crippen molar-refractivity contribution in [2.45, 2.75) is 13.0 Å². The Labute approximate surface area is 95.6 Å². The van der Waals surface area contributed by atoms with Crippen molar-refractivity contribution >= 4 is 32.4 Å². The maximum atomic E-state index is 11.2. The molecule has 0 aliphatic carbocycles. The quantitative estimate of drug-likeness (QED) is 0.489. The van der Waals surface area contributed by atoms with Crippen LogP contribution in [-0.4, -0.2) is 9.76 Å². The van der Waals surface area contributed by atoms with Crippen LogP contribution in [0.3, 0.4) is 0 Å². The summed E-state index contributed by atoms with van der Waals surface area (Å²) in [5.74, 6) is -0.455. The van der Waals surface area contributed by atoms with Crippen molar-refractivity contribution in [3.8, 4) is 0 Å². The standard InChI is InChI=1S/C10H9IO3/c1-7(12)14-9(10(11)13)8-5-3-2-4-6-8/h2-6,9H,1H3. The normalized spacial score (nSPS) is 11.9. The lowest BCUT2D eigenvalue weighted by atomic mass is 10.1. The lowest BCUT2D eigenvalue weighted by Gasteiger charge is -2.12. The van der Waals surface area contributed by atoms with E-state index in [1.807, 2.05) is 6.07 Å². The highest BCUT2D eigenvalue weighted by atomic mass is 127. The molecule has 0 amide bonds. The van der Waals surface area contributed by atoms with Crippen molar-refractivity contribution in [3.63, 3.8) is 0 Å². The molecule has 0 heterocycles. The molecule has 0 saturated heterocycles. The van der Waals surface area contributed by atoms with E-state index >= 15 is 0 Å². The van der Waals surface area contributed by atoms with E-state index in [2.05, 4.69) is 0 Å². The van der Waals surface area contributed by atoms with E-state index in [1.54, 1.807) is 46.9 Å². The fraction of sp³-hybridized carbons (Fsp3) is 0.200. The molecule has 74 valence electrons. The minimum Gasteiger partial charge on any atom is -0.449 e. The average molecular weight is 304 g/mol. The Morgan fingerprint density at radius 1 is 1.29 bits per heavy atom. The molecule has 1 aromatic carbocycles. The van der Waals surface area contributed by atoms with Gasteiger partial charge in [0.1, 0.15) is 0 Å². The van der Waals surface area contributed by atoms with E-state index in [0.29, 0.717) is 5.56 Å². The number of ether oxygens (including phenoxy) is 1. The first kappa shape index (κ1) is 11.2. The molecule has 3 nitrogen and oxygen atoms in total. The van der Waals surface area contributed by atoms with Gasteiger partial charge in [0.25, 0.3) is 0 Å². The summed E-state index contributed by atoms with van der Waals surface area (Å²) in [4.78, 5) is 21.9. The summed E-state index contributed by atoms with van der Waals surface area (Å²) >= 11 is 1.63. The second-order valence-electron chi connectivity index (χ2n) is 2.70. The molecule has 1 atom stereocenters. The minimum atomic E-state index is -0.783. The molecule has 14 heavy (non-hydrogen) atoms. The zero-order valence-corrected chi connectivity index (χ0v) is 9.72. The molecule has 0 spiro atoms. The van der Waals surface area contributed by atoms with Gasteiger partial charge in [0.05, 0.1) is 0 Å². The van der Waals surface area contributed by atoms with E-state index in [1.165, 1.54) is 6.92 Å². The van der Waals surface area contributed by atoms with Gasteiger partial charge in [-0.3, -0.25) is 9.59 Å². The minimum absolute atomic E-state index is 0.205. The second-order valence-corrected chi connectivity index (χ2v) is 3.77. The third-order valence-corrected chi connectivity index (χ3v) is 2.16. The molecule has 0 saturated carbocycles. The summed E-state index contributed by atoms with van der Waals surface area (Å²) in [6.07, 6.45) is -0.783. The summed E-state index contributed by atoms with van der Waals surface area (Å²) in [6.45, 7) is 1.29. The molecule has 0 aliphatic rings. The highest BCUT2D eigenvalue weighted by Gasteiger charge is 2.20. The van der Waals surface area contributed by atoms with Crippen LogP contribution >= 0.6 is 22.6 Å². The van der Waals surface area contributed by atoms with Crippen molar-refractivity contribution < 1.29 is 14.3 Å². The van der Waals surface area contributed by atoms with Crippen LogP contribution in [0.2, 0.25) is 0 Å². The van der Waals surface area contributed by atoms with Crippen molar-refractivity contribution in [1.29, 1.82) is 0 Å². The Morgan fingerprint density at radius 3 is 2.29 bits per heavy atom. The number of halogens is 1. The Bertz CT molecular complexity index is 334. The monoisotopic (exact) mass is 304 g/mol. The van der Waals surface area contributed by atoms with Gasteiger partial charge in [-0.05, 0) is 0 Å². The third-order valence-electron chi connectivity index (χ3n) is 1.59. The van der Waals surface area contributed by atoms with Crippen molar-refractivity contribution in [2.24, 2.45) is 0 Å². The van der Waals surface area contributed by atoms with Gasteiger partial charge in [-0.1, -0.05) is 30.3 Å². The van der Waals surface area contributed by atoms with Gasteiger partial charge in [0, 0.05) is 35.1 Å². The molecular weight excluding hydrogens is 295 g/mol. The molecule has 1 aromatic rings. The summed E-state index contributed by atoms with van der Waals surface area (Å²) in [7, 11) is 0. The Morgan fingerprint density at radius 2 is 1.86 bits per heavy atom. The smallest absolute Gasteiger partial charge is 0.303 e. The number of benzene rings is 1. The molecule has 0 fully saturated rings. The van der Waals surface area contributed by atoms with Crippen LogP contribution in [0.4, 0.5) is 0 Å². The predicted octanol–water partition coefficient (Wildman–Crippen LogP) is 2.25. The fourth-order valence-corrected chi connectivity index (χ4v) is 1.53. The molecule has 1 rings (SSSR count). The predicted molar refractivity (Wildman–Crippen MR) is 60.0 cm³/mol. The number of carbonyl (C=O) groups excluding carboxylic acids is 2. The van der Waals surface area contributed by atoms with Crippen molar-refractivity contribution in [2.75, 3.05) is 0 Å². The van der Waals surface area contributed by atoms with Crippen LogP contribution < -0.4 is 0 Å². The van der Waals surface area contributed by atoms with Gasteiger partial charge in [-0.15, -0.1) is 0 Å². The fourth-order valence-electron chi connectivity index (χ4n) is 1.04. The maximum Gasteiger partial charge on any atom is 0.303 e. The molecule has 1 unspecified atom stereocenters. The molecule has 0 bridgehead atoms. The number of rotatable bonds is 3. The van der Waals surface area contributed by atoms with Crippen LogP contribution in [0.15, 0.2) is 30.3 Å². The number of hydrogen-bond donors (Lipinski definition) is 0. The Balaban J connectivity index is 2.89. The average Bonchev–Trinajstić information content (AvgIpc) is 2.15. The van der Waals surface area contributed by atoms with Gasteiger partial charge in [-0.25, -0.2) is 0 Å². The summed E-state index contributed by atoms with van der Waals surface area (Å²) in [6, 6.07) is 8.94. The van der Waals surface area contributed by atoms with E-state index in [0.717, 1.165) is 0 Å². The maximum absolute atomic E-state index is 11.2. The number of esters is 1. The number of carbonyl (C=O) groups is 2. The van der Waals surface area contributed by atoms with Crippen LogP contribution in [0.25, 0.3) is 0 Å². The van der Waals surface area contributed by atoms with Crippen LogP contribution in [0, 0.1) is 0 Å². The molecule has 0 N–H and O–H groups in total. The van der Waals surface area contributed by atoms with Gasteiger partial charge < -0.3 is 4.74 Å². The molecule has 4 heteroatoms. The van der Waals surface area contributed by atoms with Gasteiger partial charge >= 0.3 is 5.97 Å². The van der Waals surface area contributed by atoms with Crippen molar-refractivity contribution in [3.05, 3.63) is 35.9 Å². The van der Waals surface area contributed by atoms with Gasteiger partial charge in [0.15, 0.2) is 6.10 Å². The summed E-state index contributed by atoms with van der Waals surface area (Å²) < 4.78 is 4.70. The third kappa shape index (κ3) is 3.10. The first-order valence-electron chi connectivity index (χ1n) is 4.03. The zero-order valence-electron chi connectivity index (χ0n) is 7.57. The molecule has 0 aliphatic heterocycles. The zero-order chi connectivity index (χ0) is 10.6. The molecule has 0 radical (unpaired) electrons. The Kier molecular flexibility index (Phi) is 4.06. The summed E-state index contributed by atoms with van der Waals surface area (Å²) in [5.41, 5.74) is 0.696. The van der Waals surface area contributed by atoms with Gasteiger partial charge in [0.2, 0.25) is 3.79 Å². The Hall–Kier alpha value is -0.910. The van der Waals surface area contributed by atoms with Crippen LogP contribution in [-0.2, 0) is 14.3 Å². The molecule has 0 aromatic heterocycles. The van der Waals surface area contributed by atoms with Gasteiger partial charge in [-0.2, -0.15) is 0 Å².